The van der Waals surface area contributed by atoms with Gasteiger partial charge in [0.25, 0.3) is 0 Å². The van der Waals surface area contributed by atoms with Crippen molar-refractivity contribution >= 4 is 5.71 Å². The highest BCUT2D eigenvalue weighted by molar-refractivity contribution is 6.00. The molecule has 1 unspecified atom stereocenters. The molecule has 0 fully saturated rings. The maximum Gasteiger partial charge on any atom is 0.0871 e. The Morgan fingerprint density at radius 2 is 2.00 bits per heavy atom. The van der Waals surface area contributed by atoms with Gasteiger partial charge in [-0.3, -0.25) is 0 Å². The molecule has 0 radical (unpaired) electrons. The van der Waals surface area contributed by atoms with Gasteiger partial charge in [0.1, 0.15) is 0 Å². The number of nitrogens with zero attached hydrogens (tertiary/aromatic N) is 1. The third kappa shape index (κ3) is 2.85. The molecule has 76 valence electrons. The van der Waals surface area contributed by atoms with E-state index in [9.17, 15) is 0 Å². The zero-order valence-corrected chi connectivity index (χ0v) is 8.22. The molecule has 0 bridgehead atoms. The molecule has 3 nitrogen and oxygen atoms in total. The molecule has 1 rings (SSSR count). The number of hydrogen-bond donors (Lipinski definition) is 2. The average Bonchev–Trinajstić information content (AvgIpc) is 2.26. The van der Waals surface area contributed by atoms with Crippen molar-refractivity contribution in [2.24, 2.45) is 11.1 Å². The Bertz CT molecular complexity index is 295. The summed E-state index contributed by atoms with van der Waals surface area (Å²) >= 11 is 0. The van der Waals surface area contributed by atoms with Crippen molar-refractivity contribution < 1.29 is 10.3 Å². The summed E-state index contributed by atoms with van der Waals surface area (Å²) in [6, 6.07) is 9.47. The van der Waals surface area contributed by atoms with Gasteiger partial charge >= 0.3 is 0 Å². The van der Waals surface area contributed by atoms with Crippen LogP contribution >= 0.6 is 0 Å². The standard InChI is InChI=1S/C11H15NO2/c1-9(8-13)7-11(12-14)10-5-3-2-4-6-10/h2-6,9,13-14H,7-8H2,1H3/b12-11+. The fourth-order valence-electron chi connectivity index (χ4n) is 1.24. The zero-order valence-electron chi connectivity index (χ0n) is 8.22. The summed E-state index contributed by atoms with van der Waals surface area (Å²) in [7, 11) is 0. The number of oxime groups is 1. The van der Waals surface area contributed by atoms with Gasteiger partial charge in [-0.15, -0.1) is 0 Å². The van der Waals surface area contributed by atoms with Gasteiger partial charge in [-0.1, -0.05) is 42.4 Å². The maximum atomic E-state index is 8.89. The summed E-state index contributed by atoms with van der Waals surface area (Å²) in [6.07, 6.45) is 0.580. The normalized spacial score (nSPS) is 14.0. The fourth-order valence-corrected chi connectivity index (χ4v) is 1.24. The van der Waals surface area contributed by atoms with E-state index in [0.717, 1.165) is 5.56 Å². The summed E-state index contributed by atoms with van der Waals surface area (Å²) in [4.78, 5) is 0. The average molecular weight is 193 g/mol. The first-order valence-electron chi connectivity index (χ1n) is 4.65. The minimum absolute atomic E-state index is 0.103. The van der Waals surface area contributed by atoms with Crippen molar-refractivity contribution in [2.75, 3.05) is 6.61 Å². The molecule has 0 saturated carbocycles. The van der Waals surface area contributed by atoms with Crippen molar-refractivity contribution in [3.05, 3.63) is 35.9 Å². The second kappa shape index (κ2) is 5.40. The lowest BCUT2D eigenvalue weighted by Crippen LogP contribution is -2.10. The van der Waals surface area contributed by atoms with Crippen molar-refractivity contribution in [3.63, 3.8) is 0 Å². The molecule has 0 aromatic heterocycles. The fraction of sp³-hybridized carbons (Fsp3) is 0.364. The van der Waals surface area contributed by atoms with Crippen LogP contribution in [0.25, 0.3) is 0 Å². The second-order valence-corrected chi connectivity index (χ2v) is 3.40. The molecule has 14 heavy (non-hydrogen) atoms. The summed E-state index contributed by atoms with van der Waals surface area (Å²) in [5.74, 6) is 0.112. The van der Waals surface area contributed by atoms with Gasteiger partial charge in [0.15, 0.2) is 0 Å². The number of aliphatic hydroxyl groups is 1. The number of aliphatic hydroxyl groups excluding tert-OH is 1. The first-order chi connectivity index (χ1) is 6.77. The van der Waals surface area contributed by atoms with E-state index < -0.39 is 0 Å². The summed E-state index contributed by atoms with van der Waals surface area (Å²) < 4.78 is 0. The van der Waals surface area contributed by atoms with Gasteiger partial charge in [-0.25, -0.2) is 0 Å². The van der Waals surface area contributed by atoms with E-state index >= 15 is 0 Å². The monoisotopic (exact) mass is 193 g/mol. The molecule has 1 atom stereocenters. The Morgan fingerprint density at radius 1 is 1.36 bits per heavy atom. The van der Waals surface area contributed by atoms with E-state index in [2.05, 4.69) is 5.16 Å². The smallest absolute Gasteiger partial charge is 0.0871 e. The van der Waals surface area contributed by atoms with Gasteiger partial charge in [0.2, 0.25) is 0 Å². The van der Waals surface area contributed by atoms with Crippen LogP contribution in [0.2, 0.25) is 0 Å². The quantitative estimate of drug-likeness (QED) is 0.436. The van der Waals surface area contributed by atoms with E-state index in [1.807, 2.05) is 37.3 Å². The molecule has 0 heterocycles. The Hall–Kier alpha value is -1.35. The molecule has 0 aliphatic rings. The van der Waals surface area contributed by atoms with Crippen LogP contribution in [0.15, 0.2) is 35.5 Å². The van der Waals surface area contributed by atoms with Gasteiger partial charge in [0, 0.05) is 6.61 Å². The van der Waals surface area contributed by atoms with Crippen LogP contribution in [0.4, 0.5) is 0 Å². The topological polar surface area (TPSA) is 52.8 Å². The van der Waals surface area contributed by atoms with E-state index in [-0.39, 0.29) is 12.5 Å². The summed E-state index contributed by atoms with van der Waals surface area (Å²) in [5.41, 5.74) is 1.52. The minimum atomic E-state index is 0.103. The third-order valence-corrected chi connectivity index (χ3v) is 2.08. The molecule has 0 spiro atoms. The van der Waals surface area contributed by atoms with Crippen molar-refractivity contribution in [1.29, 1.82) is 0 Å². The van der Waals surface area contributed by atoms with Crippen LogP contribution in [0.3, 0.4) is 0 Å². The van der Waals surface area contributed by atoms with Crippen LogP contribution in [0.5, 0.6) is 0 Å². The molecule has 0 amide bonds. The molecule has 3 heteroatoms. The lowest BCUT2D eigenvalue weighted by atomic mass is 10.00. The van der Waals surface area contributed by atoms with Crippen LogP contribution in [0, 0.1) is 5.92 Å². The van der Waals surface area contributed by atoms with E-state index in [4.69, 9.17) is 10.3 Å². The van der Waals surface area contributed by atoms with E-state index in [0.29, 0.717) is 12.1 Å². The van der Waals surface area contributed by atoms with Crippen LogP contribution in [0.1, 0.15) is 18.9 Å². The summed E-state index contributed by atoms with van der Waals surface area (Å²) in [5, 5.41) is 21.0. The van der Waals surface area contributed by atoms with Gasteiger partial charge in [-0.2, -0.15) is 0 Å². The molecule has 0 aliphatic carbocycles. The van der Waals surface area contributed by atoms with E-state index in [1.54, 1.807) is 0 Å². The Kier molecular flexibility index (Phi) is 4.13. The molecule has 0 saturated heterocycles. The first kappa shape index (κ1) is 10.7. The molecule has 1 aromatic rings. The zero-order chi connectivity index (χ0) is 10.4. The number of benzene rings is 1. The lowest BCUT2D eigenvalue weighted by molar-refractivity contribution is 0.240. The van der Waals surface area contributed by atoms with Gasteiger partial charge in [0.05, 0.1) is 5.71 Å². The lowest BCUT2D eigenvalue weighted by Gasteiger charge is -2.08. The van der Waals surface area contributed by atoms with Crippen molar-refractivity contribution in [1.82, 2.24) is 0 Å². The Morgan fingerprint density at radius 3 is 2.50 bits per heavy atom. The Balaban J connectivity index is 2.74. The van der Waals surface area contributed by atoms with Crippen molar-refractivity contribution in [3.8, 4) is 0 Å². The largest absolute Gasteiger partial charge is 0.411 e. The van der Waals surface area contributed by atoms with Crippen molar-refractivity contribution in [2.45, 2.75) is 13.3 Å². The van der Waals surface area contributed by atoms with Crippen LogP contribution in [-0.4, -0.2) is 22.6 Å². The minimum Gasteiger partial charge on any atom is -0.411 e. The number of rotatable bonds is 4. The molecular formula is C11H15NO2. The Labute approximate surface area is 83.7 Å². The molecule has 0 aliphatic heterocycles. The highest BCUT2D eigenvalue weighted by atomic mass is 16.4. The van der Waals surface area contributed by atoms with Gasteiger partial charge in [-0.05, 0) is 17.9 Å². The van der Waals surface area contributed by atoms with E-state index in [1.165, 1.54) is 0 Å². The van der Waals surface area contributed by atoms with Crippen LogP contribution in [-0.2, 0) is 0 Å². The summed E-state index contributed by atoms with van der Waals surface area (Å²) in [6.45, 7) is 2.01. The SMILES string of the molecule is CC(CO)C/C(=N\O)c1ccccc1. The third-order valence-electron chi connectivity index (χ3n) is 2.08. The number of hydrogen-bond acceptors (Lipinski definition) is 3. The molecule has 2 N–H and O–H groups in total. The van der Waals surface area contributed by atoms with Gasteiger partial charge < -0.3 is 10.3 Å². The van der Waals surface area contributed by atoms with Crippen LogP contribution < -0.4 is 0 Å². The maximum absolute atomic E-state index is 8.89. The second-order valence-electron chi connectivity index (χ2n) is 3.40. The first-order valence-corrected chi connectivity index (χ1v) is 4.65. The molecular weight excluding hydrogens is 178 g/mol. The highest BCUT2D eigenvalue weighted by Gasteiger charge is 2.08. The highest BCUT2D eigenvalue weighted by Crippen LogP contribution is 2.10. The molecule has 1 aromatic carbocycles. The predicted molar refractivity (Wildman–Crippen MR) is 55.6 cm³/mol. The predicted octanol–water partition coefficient (Wildman–Crippen LogP) is 1.88.